The number of para-hydroxylation sites is 4. The summed E-state index contributed by atoms with van der Waals surface area (Å²) in [6.07, 6.45) is 0. The van der Waals surface area contributed by atoms with Gasteiger partial charge >= 0.3 is 0 Å². The number of aromatic nitrogens is 1. The molecule has 0 saturated carbocycles. The Morgan fingerprint density at radius 1 is 0.365 bits per heavy atom. The second-order valence-electron chi connectivity index (χ2n) is 23.7. The van der Waals surface area contributed by atoms with Crippen LogP contribution in [0.3, 0.4) is 0 Å². The number of nitrogens with zero attached hydrogens (tertiary/aromatic N) is 2. The highest BCUT2D eigenvalue weighted by molar-refractivity contribution is 6.15. The van der Waals surface area contributed by atoms with Crippen molar-refractivity contribution in [1.82, 2.24) is 4.57 Å². The van der Waals surface area contributed by atoms with Crippen LogP contribution in [0, 0.1) is 0 Å². The second kappa shape index (κ2) is 15.7. The van der Waals surface area contributed by atoms with Crippen LogP contribution in [0.4, 0.5) is 17.1 Å². The Hall–Kier alpha value is -8.20. The Bertz CT molecular complexity index is 4070. The number of rotatable bonds is 5. The van der Waals surface area contributed by atoms with Crippen molar-refractivity contribution in [3.63, 3.8) is 0 Å². The highest BCUT2D eigenvalue weighted by Gasteiger charge is 2.52. The Morgan fingerprint density at radius 3 is 1.61 bits per heavy atom. The predicted molar refractivity (Wildman–Crippen MR) is 312 cm³/mol. The maximum absolute atomic E-state index is 2.58. The highest BCUT2D eigenvalue weighted by Crippen LogP contribution is 2.64. The molecule has 0 N–H and O–H groups in total. The number of hydrogen-bond acceptors (Lipinski definition) is 1. The second-order valence-corrected chi connectivity index (χ2v) is 23.7. The number of fused-ring (bicyclic) bond motifs is 16. The first-order valence-electron chi connectivity index (χ1n) is 26.5. The van der Waals surface area contributed by atoms with E-state index < -0.39 is 5.41 Å². The summed E-state index contributed by atoms with van der Waals surface area (Å²) in [5.41, 5.74) is 27.3. The van der Waals surface area contributed by atoms with Gasteiger partial charge in [-0.3, -0.25) is 0 Å². The molecule has 0 radical (unpaired) electrons. The standard InChI is InChI=1S/C72H60N2/c1-69(2,3)45-36-39-50-51-40-37-46(70(4,5)6)43-63(51)72(62(50)42-45)59-31-17-12-24-49(59)57-44-48(38-41-60(57)72)73(66-35-21-29-55-53-26-15-19-34-65(53)74(68(55)66)47-22-10-9-11-23-47)64-33-18-14-25-52(64)54-28-20-32-61-67(54)56-27-13-16-30-58(56)71(61,7)8/h9-44H,1-8H3. The fourth-order valence-electron chi connectivity index (χ4n) is 13.6. The summed E-state index contributed by atoms with van der Waals surface area (Å²) >= 11 is 0. The summed E-state index contributed by atoms with van der Waals surface area (Å²) in [4.78, 5) is 2.58. The molecule has 1 heterocycles. The van der Waals surface area contributed by atoms with E-state index in [9.17, 15) is 0 Å². The van der Waals surface area contributed by atoms with Gasteiger partial charge < -0.3 is 9.47 Å². The van der Waals surface area contributed by atoms with Crippen LogP contribution in [0.2, 0.25) is 0 Å². The molecule has 3 aliphatic rings. The largest absolute Gasteiger partial charge is 0.308 e. The summed E-state index contributed by atoms with van der Waals surface area (Å²) in [6, 6.07) is 83.3. The van der Waals surface area contributed by atoms with Crippen LogP contribution in [-0.4, -0.2) is 4.57 Å². The van der Waals surface area contributed by atoms with Crippen LogP contribution >= 0.6 is 0 Å². The lowest BCUT2D eigenvalue weighted by Gasteiger charge is -2.33. The van der Waals surface area contributed by atoms with Gasteiger partial charge in [0.25, 0.3) is 0 Å². The van der Waals surface area contributed by atoms with E-state index in [1.54, 1.807) is 0 Å². The minimum absolute atomic E-state index is 0.0276. The maximum atomic E-state index is 2.58. The van der Waals surface area contributed by atoms with E-state index in [-0.39, 0.29) is 16.2 Å². The zero-order chi connectivity index (χ0) is 50.5. The van der Waals surface area contributed by atoms with E-state index >= 15 is 0 Å². The molecule has 0 saturated heterocycles. The topological polar surface area (TPSA) is 8.17 Å². The third kappa shape index (κ3) is 6.12. The summed E-state index contributed by atoms with van der Waals surface area (Å²) < 4.78 is 2.48. The molecule has 0 bridgehead atoms. The van der Waals surface area contributed by atoms with Gasteiger partial charge in [0.05, 0.1) is 27.8 Å². The molecule has 74 heavy (non-hydrogen) atoms. The minimum atomic E-state index is -0.509. The van der Waals surface area contributed by atoms with Gasteiger partial charge in [0.15, 0.2) is 0 Å². The molecular formula is C72H60N2. The lowest BCUT2D eigenvalue weighted by molar-refractivity contribution is 0.586. The summed E-state index contributed by atoms with van der Waals surface area (Å²) in [6.45, 7) is 18.8. The van der Waals surface area contributed by atoms with Gasteiger partial charge in [-0.25, -0.2) is 0 Å². The van der Waals surface area contributed by atoms with Crippen molar-refractivity contribution in [3.8, 4) is 50.2 Å². The van der Waals surface area contributed by atoms with Crippen LogP contribution < -0.4 is 4.90 Å². The molecule has 0 amide bonds. The minimum Gasteiger partial charge on any atom is -0.308 e. The predicted octanol–water partition coefficient (Wildman–Crippen LogP) is 19.2. The van der Waals surface area contributed by atoms with Crippen molar-refractivity contribution in [2.45, 2.75) is 77.0 Å². The molecule has 0 fully saturated rings. The lowest BCUT2D eigenvalue weighted by Crippen LogP contribution is -2.27. The van der Waals surface area contributed by atoms with E-state index in [4.69, 9.17) is 0 Å². The van der Waals surface area contributed by atoms with Crippen molar-refractivity contribution in [3.05, 3.63) is 263 Å². The van der Waals surface area contributed by atoms with E-state index in [0.29, 0.717) is 0 Å². The van der Waals surface area contributed by atoms with E-state index in [1.165, 1.54) is 111 Å². The van der Waals surface area contributed by atoms with E-state index in [1.807, 2.05) is 0 Å². The van der Waals surface area contributed by atoms with Crippen LogP contribution in [-0.2, 0) is 21.7 Å². The molecule has 2 heteroatoms. The number of hydrogen-bond donors (Lipinski definition) is 0. The lowest BCUT2D eigenvalue weighted by atomic mass is 9.69. The summed E-state index contributed by atoms with van der Waals surface area (Å²) in [5, 5.41) is 2.45. The van der Waals surface area contributed by atoms with Gasteiger partial charge in [-0.1, -0.05) is 231 Å². The molecule has 1 aromatic heterocycles. The molecular weight excluding hydrogens is 893 g/mol. The molecule has 3 aliphatic carbocycles. The average Bonchev–Trinajstić information content (AvgIpc) is 4.13. The zero-order valence-corrected chi connectivity index (χ0v) is 43.7. The monoisotopic (exact) mass is 952 g/mol. The molecule has 14 rings (SSSR count). The molecule has 0 atom stereocenters. The molecule has 1 spiro atoms. The van der Waals surface area contributed by atoms with Gasteiger partial charge in [0.1, 0.15) is 0 Å². The summed E-state index contributed by atoms with van der Waals surface area (Å²) in [7, 11) is 0. The highest BCUT2D eigenvalue weighted by atomic mass is 15.2. The number of benzene rings is 10. The van der Waals surface area contributed by atoms with Gasteiger partial charge in [-0.15, -0.1) is 0 Å². The Morgan fingerprint density at radius 2 is 0.892 bits per heavy atom. The zero-order valence-electron chi connectivity index (χ0n) is 43.7. The van der Waals surface area contributed by atoms with Gasteiger partial charge in [0.2, 0.25) is 0 Å². The molecule has 0 aliphatic heterocycles. The maximum Gasteiger partial charge on any atom is 0.0782 e. The smallest absolute Gasteiger partial charge is 0.0782 e. The van der Waals surface area contributed by atoms with Crippen molar-refractivity contribution < 1.29 is 0 Å². The van der Waals surface area contributed by atoms with Crippen LogP contribution in [0.1, 0.15) is 99.9 Å². The van der Waals surface area contributed by atoms with Crippen molar-refractivity contribution in [1.29, 1.82) is 0 Å². The van der Waals surface area contributed by atoms with Gasteiger partial charge in [0, 0.05) is 33.1 Å². The first-order chi connectivity index (χ1) is 35.8. The fourth-order valence-corrected chi connectivity index (χ4v) is 13.6. The van der Waals surface area contributed by atoms with E-state index in [0.717, 1.165) is 22.7 Å². The quantitative estimate of drug-likeness (QED) is 0.167. The SMILES string of the molecule is CC(C)(C)c1ccc2c(c1)C1(c3ccccc3-c3cc(N(c4ccccc4-c4cccc5c4-c4ccccc4C5(C)C)c4cccc5c6ccccc6n(-c6ccccc6)c45)ccc31)c1cc(C(C)(C)C)ccc1-2. The average molecular weight is 953 g/mol. The number of anilines is 3. The Labute approximate surface area is 436 Å². The van der Waals surface area contributed by atoms with Crippen LogP contribution in [0.25, 0.3) is 72.0 Å². The van der Waals surface area contributed by atoms with Gasteiger partial charge in [-0.05, 0) is 137 Å². The Balaban J connectivity index is 1.09. The molecule has 10 aromatic carbocycles. The molecule has 0 unspecified atom stereocenters. The normalized spacial score (nSPS) is 14.4. The first-order valence-corrected chi connectivity index (χ1v) is 26.5. The molecule has 358 valence electrons. The third-order valence-corrected chi connectivity index (χ3v) is 17.1. The molecule has 2 nitrogen and oxygen atoms in total. The fraction of sp³-hybridized carbons (Fsp3) is 0.167. The molecule has 11 aromatic rings. The van der Waals surface area contributed by atoms with E-state index in [2.05, 4.69) is 283 Å². The Kier molecular flexibility index (Phi) is 9.41. The van der Waals surface area contributed by atoms with Gasteiger partial charge in [-0.2, -0.15) is 0 Å². The first kappa shape index (κ1) is 44.5. The van der Waals surface area contributed by atoms with Crippen LogP contribution in [0.15, 0.2) is 218 Å². The van der Waals surface area contributed by atoms with Crippen LogP contribution in [0.5, 0.6) is 0 Å². The summed E-state index contributed by atoms with van der Waals surface area (Å²) in [5.74, 6) is 0. The van der Waals surface area contributed by atoms with Crippen molar-refractivity contribution in [2.24, 2.45) is 0 Å². The third-order valence-electron chi connectivity index (χ3n) is 17.1. The van der Waals surface area contributed by atoms with Crippen molar-refractivity contribution >= 4 is 38.9 Å². The van der Waals surface area contributed by atoms with Crippen molar-refractivity contribution in [2.75, 3.05) is 4.90 Å².